The van der Waals surface area contributed by atoms with E-state index < -0.39 is 22.6 Å². The summed E-state index contributed by atoms with van der Waals surface area (Å²) in [5, 5.41) is 20.7. The Bertz CT molecular complexity index is 892. The Morgan fingerprint density at radius 3 is 2.18 bits per heavy atom. The van der Waals surface area contributed by atoms with Gasteiger partial charge in [-0.25, -0.2) is 0 Å². The number of alkyl halides is 3. The zero-order chi connectivity index (χ0) is 20.5. The normalized spacial score (nSPS) is 14.8. The van der Waals surface area contributed by atoms with Gasteiger partial charge in [-0.3, -0.25) is 14.9 Å². The van der Waals surface area contributed by atoms with E-state index in [0.29, 0.717) is 18.8 Å². The molecule has 10 heteroatoms. The molecule has 0 bridgehead atoms. The summed E-state index contributed by atoms with van der Waals surface area (Å²) < 4.78 is 38.0. The van der Waals surface area contributed by atoms with E-state index in [2.05, 4.69) is 0 Å². The number of hydrogen-bond donors (Lipinski definition) is 1. The number of benzene rings is 2. The van der Waals surface area contributed by atoms with Gasteiger partial charge in [-0.15, -0.1) is 0 Å². The summed E-state index contributed by atoms with van der Waals surface area (Å²) >= 11 is 0. The van der Waals surface area contributed by atoms with Crippen LogP contribution in [0.3, 0.4) is 0 Å². The standard InChI is InChI=1S/C18H16F3N3O4/c19-18(20,21)12-1-3-13(4-2-12)22-7-9-23(10-8-22)17(26)15-11-14(24(27)28)5-6-16(15)25/h1-6,11,25H,7-10H2. The quantitative estimate of drug-likeness (QED) is 0.637. The Morgan fingerprint density at radius 1 is 1.04 bits per heavy atom. The SMILES string of the molecule is O=C(c1cc([N+](=O)[O-])ccc1O)N1CCN(c2ccc(C(F)(F)F)cc2)CC1. The zero-order valence-corrected chi connectivity index (χ0v) is 14.5. The van der Waals surface area contributed by atoms with Crippen molar-refractivity contribution in [2.45, 2.75) is 6.18 Å². The van der Waals surface area contributed by atoms with Gasteiger partial charge in [-0.1, -0.05) is 0 Å². The van der Waals surface area contributed by atoms with E-state index in [9.17, 15) is 33.2 Å². The highest BCUT2D eigenvalue weighted by Crippen LogP contribution is 2.31. The van der Waals surface area contributed by atoms with Crippen molar-refractivity contribution in [3.63, 3.8) is 0 Å². The lowest BCUT2D eigenvalue weighted by Gasteiger charge is -2.36. The van der Waals surface area contributed by atoms with Crippen LogP contribution in [-0.2, 0) is 6.18 Å². The molecule has 0 spiro atoms. The van der Waals surface area contributed by atoms with Crippen molar-refractivity contribution in [2.24, 2.45) is 0 Å². The summed E-state index contributed by atoms with van der Waals surface area (Å²) in [5.41, 5.74) is -0.578. The molecule has 1 aliphatic rings. The number of carbonyl (C=O) groups is 1. The summed E-state index contributed by atoms with van der Waals surface area (Å²) in [6.45, 7) is 1.30. The molecule has 148 valence electrons. The number of non-ortho nitro benzene ring substituents is 1. The molecule has 0 saturated carbocycles. The first-order chi connectivity index (χ1) is 13.2. The Kier molecular flexibility index (Phi) is 5.12. The summed E-state index contributed by atoms with van der Waals surface area (Å²) in [7, 11) is 0. The maximum Gasteiger partial charge on any atom is 0.416 e. The molecule has 1 amide bonds. The fourth-order valence-electron chi connectivity index (χ4n) is 3.01. The molecule has 0 atom stereocenters. The molecule has 0 radical (unpaired) electrons. The number of piperazine rings is 1. The molecule has 1 aliphatic heterocycles. The van der Waals surface area contributed by atoms with Crippen LogP contribution in [0.25, 0.3) is 0 Å². The van der Waals surface area contributed by atoms with Crippen LogP contribution in [0, 0.1) is 10.1 Å². The van der Waals surface area contributed by atoms with Crippen molar-refractivity contribution in [2.75, 3.05) is 31.1 Å². The van der Waals surface area contributed by atoms with E-state index in [1.807, 2.05) is 4.90 Å². The second-order valence-corrected chi connectivity index (χ2v) is 6.28. The average Bonchev–Trinajstić information content (AvgIpc) is 2.67. The number of aromatic hydroxyl groups is 1. The van der Waals surface area contributed by atoms with Crippen LogP contribution in [0.5, 0.6) is 5.75 Å². The molecule has 3 rings (SSSR count). The van der Waals surface area contributed by atoms with Gasteiger partial charge in [0.25, 0.3) is 11.6 Å². The molecule has 1 N–H and O–H groups in total. The highest BCUT2D eigenvalue weighted by Gasteiger charge is 2.30. The molecule has 1 saturated heterocycles. The molecule has 1 heterocycles. The molecule has 2 aromatic carbocycles. The van der Waals surface area contributed by atoms with Gasteiger partial charge in [0.15, 0.2) is 0 Å². The Morgan fingerprint density at radius 2 is 1.64 bits per heavy atom. The fraction of sp³-hybridized carbons (Fsp3) is 0.278. The number of hydrogen-bond acceptors (Lipinski definition) is 5. The van der Waals surface area contributed by atoms with Crippen molar-refractivity contribution >= 4 is 17.3 Å². The average molecular weight is 395 g/mol. The third kappa shape index (κ3) is 4.00. The minimum atomic E-state index is -4.40. The van der Waals surface area contributed by atoms with E-state index in [-0.39, 0.29) is 30.1 Å². The number of nitro groups is 1. The predicted octanol–water partition coefficient (Wildman–Crippen LogP) is 3.28. The molecule has 7 nitrogen and oxygen atoms in total. The van der Waals surface area contributed by atoms with Gasteiger partial charge in [0, 0.05) is 44.0 Å². The van der Waals surface area contributed by atoms with Crippen LogP contribution in [0.15, 0.2) is 42.5 Å². The van der Waals surface area contributed by atoms with E-state index in [0.717, 1.165) is 30.3 Å². The summed E-state index contributed by atoms with van der Waals surface area (Å²) in [6.07, 6.45) is -4.40. The van der Waals surface area contributed by atoms with E-state index in [4.69, 9.17) is 0 Å². The third-order valence-corrected chi connectivity index (χ3v) is 4.55. The summed E-state index contributed by atoms with van der Waals surface area (Å²) in [4.78, 5) is 26.1. The predicted molar refractivity (Wildman–Crippen MR) is 94.3 cm³/mol. The molecule has 0 unspecified atom stereocenters. The summed E-state index contributed by atoms with van der Waals surface area (Å²) in [6, 6.07) is 8.01. The van der Waals surface area contributed by atoms with E-state index >= 15 is 0 Å². The number of nitrogens with zero attached hydrogens (tertiary/aromatic N) is 3. The number of phenolic OH excluding ortho intramolecular Hbond substituents is 1. The molecular formula is C18H16F3N3O4. The van der Waals surface area contributed by atoms with Gasteiger partial charge < -0.3 is 14.9 Å². The minimum Gasteiger partial charge on any atom is -0.507 e. The Balaban J connectivity index is 1.68. The molecule has 1 fully saturated rings. The van der Waals surface area contributed by atoms with Crippen molar-refractivity contribution in [3.05, 3.63) is 63.7 Å². The van der Waals surface area contributed by atoms with Crippen molar-refractivity contribution in [1.29, 1.82) is 0 Å². The number of phenols is 1. The zero-order valence-electron chi connectivity index (χ0n) is 14.5. The number of halogens is 3. The second kappa shape index (κ2) is 7.37. The van der Waals surface area contributed by atoms with E-state index in [1.165, 1.54) is 17.0 Å². The minimum absolute atomic E-state index is 0.155. The number of nitro benzene ring substituents is 1. The first-order valence-corrected chi connectivity index (χ1v) is 8.35. The third-order valence-electron chi connectivity index (χ3n) is 4.55. The van der Waals surface area contributed by atoms with Gasteiger partial charge in [0.05, 0.1) is 16.1 Å². The van der Waals surface area contributed by atoms with Gasteiger partial charge in [-0.05, 0) is 30.3 Å². The topological polar surface area (TPSA) is 86.9 Å². The maximum absolute atomic E-state index is 12.7. The lowest BCUT2D eigenvalue weighted by Crippen LogP contribution is -2.48. The largest absolute Gasteiger partial charge is 0.507 e. The number of rotatable bonds is 3. The Labute approximate surface area is 157 Å². The molecule has 2 aromatic rings. The van der Waals surface area contributed by atoms with Crippen LogP contribution in [0.4, 0.5) is 24.5 Å². The molecule has 0 aromatic heterocycles. The van der Waals surface area contributed by atoms with Gasteiger partial charge in [-0.2, -0.15) is 13.2 Å². The summed E-state index contributed by atoms with van der Waals surface area (Å²) in [5.74, 6) is -0.881. The number of anilines is 1. The highest BCUT2D eigenvalue weighted by molar-refractivity contribution is 5.97. The second-order valence-electron chi connectivity index (χ2n) is 6.28. The maximum atomic E-state index is 12.7. The van der Waals surface area contributed by atoms with Crippen molar-refractivity contribution in [3.8, 4) is 5.75 Å². The molecular weight excluding hydrogens is 379 g/mol. The van der Waals surface area contributed by atoms with Gasteiger partial charge in [0.1, 0.15) is 5.75 Å². The fourth-order valence-corrected chi connectivity index (χ4v) is 3.01. The van der Waals surface area contributed by atoms with Crippen LogP contribution in [-0.4, -0.2) is 47.0 Å². The lowest BCUT2D eigenvalue weighted by atomic mass is 10.1. The smallest absolute Gasteiger partial charge is 0.416 e. The molecule has 0 aliphatic carbocycles. The Hall–Kier alpha value is -3.30. The monoisotopic (exact) mass is 395 g/mol. The van der Waals surface area contributed by atoms with E-state index in [1.54, 1.807) is 0 Å². The van der Waals surface area contributed by atoms with Gasteiger partial charge >= 0.3 is 6.18 Å². The van der Waals surface area contributed by atoms with Crippen LogP contribution in [0.1, 0.15) is 15.9 Å². The lowest BCUT2D eigenvalue weighted by molar-refractivity contribution is -0.384. The van der Waals surface area contributed by atoms with Crippen LogP contribution >= 0.6 is 0 Å². The molecule has 28 heavy (non-hydrogen) atoms. The van der Waals surface area contributed by atoms with Crippen molar-refractivity contribution in [1.82, 2.24) is 4.90 Å². The van der Waals surface area contributed by atoms with Crippen LogP contribution < -0.4 is 4.90 Å². The highest BCUT2D eigenvalue weighted by atomic mass is 19.4. The number of amides is 1. The number of carbonyl (C=O) groups excluding carboxylic acids is 1. The van der Waals surface area contributed by atoms with Crippen LogP contribution in [0.2, 0.25) is 0 Å². The first-order valence-electron chi connectivity index (χ1n) is 8.35. The van der Waals surface area contributed by atoms with Crippen molar-refractivity contribution < 1.29 is 28.0 Å². The first kappa shape index (κ1) is 19.5. The van der Waals surface area contributed by atoms with Gasteiger partial charge in [0.2, 0.25) is 0 Å².